The van der Waals surface area contributed by atoms with Crippen molar-refractivity contribution in [2.24, 2.45) is 0 Å². The highest BCUT2D eigenvalue weighted by atomic mass is 32.2. The van der Waals surface area contributed by atoms with Gasteiger partial charge in [-0.25, -0.2) is 14.6 Å². The zero-order valence-corrected chi connectivity index (χ0v) is 19.7. The summed E-state index contributed by atoms with van der Waals surface area (Å²) in [5.41, 5.74) is -1.89. The van der Waals surface area contributed by atoms with Gasteiger partial charge >= 0.3 is 5.51 Å². The highest BCUT2D eigenvalue weighted by Gasteiger charge is 2.32. The number of halogens is 3. The van der Waals surface area contributed by atoms with Crippen LogP contribution in [0.25, 0.3) is 11.4 Å². The predicted octanol–water partition coefficient (Wildman–Crippen LogP) is 4.54. The predicted molar refractivity (Wildman–Crippen MR) is 123 cm³/mol. The lowest BCUT2D eigenvalue weighted by molar-refractivity contribution is -0.0705. The first kappa shape index (κ1) is 23.1. The molecule has 4 heterocycles. The van der Waals surface area contributed by atoms with Crippen LogP contribution >= 0.6 is 11.8 Å². The second-order valence-electron chi connectivity index (χ2n) is 8.74. The van der Waals surface area contributed by atoms with Gasteiger partial charge in [-0.15, -0.1) is 0 Å². The number of aromatic nitrogens is 4. The fraction of sp³-hybridized carbons (Fsp3) is 0.435. The van der Waals surface area contributed by atoms with Gasteiger partial charge in [-0.2, -0.15) is 18.3 Å². The standard InChI is InChI=1S/C23H25F3N6OS/c1-15-9-30(10-16(2)33-15)11-17-7-19-21(27-8-17)31(14-32-22(19)28-13-29-32)12-18-5-3-4-6-20(18)34-23(24,25)26/h3-8,13,15-16H,9-12,14H2,1-2H3/t15-,16+. The molecule has 1 aromatic carbocycles. The first-order chi connectivity index (χ1) is 16.2. The molecule has 1 fully saturated rings. The van der Waals surface area contributed by atoms with Gasteiger partial charge in [0.25, 0.3) is 0 Å². The number of rotatable bonds is 5. The molecule has 0 amide bonds. The van der Waals surface area contributed by atoms with E-state index in [1.807, 2.05) is 11.1 Å². The smallest absolute Gasteiger partial charge is 0.373 e. The number of pyridine rings is 1. The van der Waals surface area contributed by atoms with Crippen molar-refractivity contribution in [2.45, 2.75) is 56.2 Å². The summed E-state index contributed by atoms with van der Waals surface area (Å²) in [6.45, 7) is 7.20. The largest absolute Gasteiger partial charge is 0.446 e. The van der Waals surface area contributed by atoms with E-state index >= 15 is 0 Å². The maximum absolute atomic E-state index is 13.1. The summed E-state index contributed by atoms with van der Waals surface area (Å²) in [5, 5.41) is 4.32. The summed E-state index contributed by atoms with van der Waals surface area (Å²) >= 11 is -0.0909. The number of fused-ring (bicyclic) bond motifs is 3. The van der Waals surface area contributed by atoms with Gasteiger partial charge in [-0.3, -0.25) is 4.90 Å². The second kappa shape index (κ2) is 9.20. The Balaban J connectivity index is 1.43. The molecular weight excluding hydrogens is 465 g/mol. The van der Waals surface area contributed by atoms with Crippen molar-refractivity contribution in [3.05, 3.63) is 54.0 Å². The minimum absolute atomic E-state index is 0.0909. The molecule has 1 saturated heterocycles. The molecule has 11 heteroatoms. The zero-order valence-electron chi connectivity index (χ0n) is 18.9. The topological polar surface area (TPSA) is 59.3 Å². The number of hydrogen-bond acceptors (Lipinski definition) is 7. The number of ether oxygens (including phenoxy) is 1. The van der Waals surface area contributed by atoms with Gasteiger partial charge in [0.1, 0.15) is 18.8 Å². The van der Waals surface area contributed by atoms with E-state index in [-0.39, 0.29) is 35.4 Å². The first-order valence-electron chi connectivity index (χ1n) is 11.1. The molecule has 0 unspecified atom stereocenters. The number of nitrogens with zero attached hydrogens (tertiary/aromatic N) is 6. The molecular formula is C23H25F3N6OS. The summed E-state index contributed by atoms with van der Waals surface area (Å²) in [6.07, 6.45) is 3.68. The van der Waals surface area contributed by atoms with Crippen molar-refractivity contribution in [3.63, 3.8) is 0 Å². The Hall–Kier alpha value is -2.63. The van der Waals surface area contributed by atoms with E-state index in [0.717, 1.165) is 30.8 Å². The number of thioether (sulfide) groups is 1. The normalized spacial score (nSPS) is 20.8. The lowest BCUT2D eigenvalue weighted by Crippen LogP contribution is -2.44. The van der Waals surface area contributed by atoms with Gasteiger partial charge < -0.3 is 9.64 Å². The Morgan fingerprint density at radius 2 is 1.85 bits per heavy atom. The molecule has 0 aliphatic carbocycles. The van der Waals surface area contributed by atoms with Crippen LogP contribution in [0.3, 0.4) is 0 Å². The lowest BCUT2D eigenvalue weighted by Gasteiger charge is -2.35. The van der Waals surface area contributed by atoms with E-state index in [1.165, 1.54) is 12.4 Å². The molecule has 0 saturated carbocycles. The van der Waals surface area contributed by atoms with E-state index < -0.39 is 5.51 Å². The van der Waals surface area contributed by atoms with E-state index in [4.69, 9.17) is 9.72 Å². The van der Waals surface area contributed by atoms with E-state index in [9.17, 15) is 13.2 Å². The molecule has 2 aromatic heterocycles. The Kier molecular flexibility index (Phi) is 6.26. The Labute approximate surface area is 199 Å². The third kappa shape index (κ3) is 5.06. The number of alkyl halides is 3. The van der Waals surface area contributed by atoms with Crippen LogP contribution in [0.5, 0.6) is 0 Å². The molecule has 2 atom stereocenters. The van der Waals surface area contributed by atoms with Gasteiger partial charge in [-0.05, 0) is 48.9 Å². The van der Waals surface area contributed by atoms with Crippen LogP contribution in [0.4, 0.5) is 19.0 Å². The van der Waals surface area contributed by atoms with Crippen molar-refractivity contribution < 1.29 is 17.9 Å². The molecule has 2 aliphatic heterocycles. The summed E-state index contributed by atoms with van der Waals surface area (Å²) in [5.74, 6) is 1.40. The van der Waals surface area contributed by atoms with Crippen molar-refractivity contribution in [3.8, 4) is 11.4 Å². The Morgan fingerprint density at radius 3 is 2.62 bits per heavy atom. The third-order valence-electron chi connectivity index (χ3n) is 5.84. The fourth-order valence-electron chi connectivity index (χ4n) is 4.67. The van der Waals surface area contributed by atoms with Gasteiger partial charge in [0, 0.05) is 37.3 Å². The third-order valence-corrected chi connectivity index (χ3v) is 6.69. The number of benzene rings is 1. The van der Waals surface area contributed by atoms with Gasteiger partial charge in [-0.1, -0.05) is 18.2 Å². The average molecular weight is 491 g/mol. The van der Waals surface area contributed by atoms with Crippen molar-refractivity contribution in [1.82, 2.24) is 24.6 Å². The van der Waals surface area contributed by atoms with E-state index in [0.29, 0.717) is 23.9 Å². The summed E-state index contributed by atoms with van der Waals surface area (Å²) in [7, 11) is 0. The van der Waals surface area contributed by atoms with E-state index in [2.05, 4.69) is 34.9 Å². The van der Waals surface area contributed by atoms with Gasteiger partial charge in [0.15, 0.2) is 5.82 Å². The SMILES string of the molecule is C[C@@H]1CN(Cc2cnc3c(c2)-c2ncnn2CN3Cc2ccccc2SC(F)(F)F)C[C@H](C)O1. The van der Waals surface area contributed by atoms with E-state index in [1.54, 1.807) is 22.9 Å². The minimum Gasteiger partial charge on any atom is -0.373 e. The fourth-order valence-corrected chi connectivity index (χ4v) is 5.33. The number of anilines is 1. The Bertz CT molecular complexity index is 1160. The van der Waals surface area contributed by atoms with Crippen LogP contribution in [0.1, 0.15) is 25.0 Å². The quantitative estimate of drug-likeness (QED) is 0.487. The minimum atomic E-state index is -4.35. The molecule has 0 radical (unpaired) electrons. The molecule has 0 N–H and O–H groups in total. The lowest BCUT2D eigenvalue weighted by atomic mass is 10.1. The molecule has 180 valence electrons. The maximum atomic E-state index is 13.1. The van der Waals surface area contributed by atoms with Crippen molar-refractivity contribution >= 4 is 17.6 Å². The monoisotopic (exact) mass is 490 g/mol. The number of hydrogen-bond donors (Lipinski definition) is 0. The van der Waals surface area contributed by atoms with Crippen LogP contribution in [0.15, 0.2) is 47.8 Å². The average Bonchev–Trinajstić information content (AvgIpc) is 3.22. The zero-order chi connectivity index (χ0) is 23.9. The summed E-state index contributed by atoms with van der Waals surface area (Å²) in [4.78, 5) is 13.6. The van der Waals surface area contributed by atoms with Gasteiger partial charge in [0.2, 0.25) is 0 Å². The summed E-state index contributed by atoms with van der Waals surface area (Å²) < 4.78 is 46.8. The highest BCUT2D eigenvalue weighted by Crippen LogP contribution is 2.40. The van der Waals surface area contributed by atoms with Gasteiger partial charge in [0.05, 0.1) is 17.8 Å². The molecule has 7 nitrogen and oxygen atoms in total. The molecule has 5 rings (SSSR count). The van der Waals surface area contributed by atoms with Crippen LogP contribution in [-0.4, -0.2) is 55.5 Å². The molecule has 34 heavy (non-hydrogen) atoms. The van der Waals surface area contributed by atoms with Crippen LogP contribution in [-0.2, 0) is 24.5 Å². The van der Waals surface area contributed by atoms with Crippen LogP contribution in [0.2, 0.25) is 0 Å². The Morgan fingerprint density at radius 1 is 1.09 bits per heavy atom. The molecule has 3 aromatic rings. The van der Waals surface area contributed by atoms with Crippen molar-refractivity contribution in [2.75, 3.05) is 18.0 Å². The molecule has 0 bridgehead atoms. The maximum Gasteiger partial charge on any atom is 0.446 e. The molecule has 2 aliphatic rings. The highest BCUT2D eigenvalue weighted by molar-refractivity contribution is 8.00. The number of morpholine rings is 1. The molecule has 0 spiro atoms. The van der Waals surface area contributed by atoms with Crippen LogP contribution in [0, 0.1) is 0 Å². The summed E-state index contributed by atoms with van der Waals surface area (Å²) in [6, 6.07) is 8.66. The first-order valence-corrected chi connectivity index (χ1v) is 11.9. The van der Waals surface area contributed by atoms with Crippen molar-refractivity contribution in [1.29, 1.82) is 0 Å². The second-order valence-corrected chi connectivity index (χ2v) is 9.85. The van der Waals surface area contributed by atoms with Crippen LogP contribution < -0.4 is 4.90 Å².